The molecule has 0 aliphatic heterocycles. The number of hydrogen-bond donors (Lipinski definition) is 2. The van der Waals surface area contributed by atoms with Crippen LogP contribution in [0, 0.1) is 0 Å². The topological polar surface area (TPSA) is 115 Å². The number of fused-ring (bicyclic) bond motifs is 1. The maximum absolute atomic E-state index is 13.4. The number of anilines is 1. The van der Waals surface area contributed by atoms with Gasteiger partial charge in [-0.1, -0.05) is 53.2 Å². The number of carbonyl (C=O) groups excluding carboxylic acids is 1. The first-order valence-electron chi connectivity index (χ1n) is 10.4. The van der Waals surface area contributed by atoms with Crippen molar-refractivity contribution in [3.63, 3.8) is 0 Å². The molecule has 0 aliphatic rings. The molecular weight excluding hydrogens is 520 g/mol. The van der Waals surface area contributed by atoms with Crippen LogP contribution in [0.5, 0.6) is 5.88 Å². The third-order valence-electron chi connectivity index (χ3n) is 5.22. The first kappa shape index (κ1) is 23.7. The van der Waals surface area contributed by atoms with E-state index in [0.717, 1.165) is 20.8 Å². The number of H-pyrrole nitrogens is 1. The summed E-state index contributed by atoms with van der Waals surface area (Å²) in [5.41, 5.74) is 2.08. The minimum atomic E-state index is -4.04. The number of nitrogens with one attached hydrogen (secondary N) is 1. The van der Waals surface area contributed by atoms with Crippen molar-refractivity contribution in [3.8, 4) is 5.88 Å². The summed E-state index contributed by atoms with van der Waals surface area (Å²) in [7, 11) is -4.04. The Labute approximate surface area is 205 Å². The molecule has 34 heavy (non-hydrogen) atoms. The number of nitrogens with zero attached hydrogens (tertiary/aromatic N) is 3. The predicted octanol–water partition coefficient (Wildman–Crippen LogP) is 5.70. The standard InChI is InChI=1S/C24H21BrN4O4S/c1-2-16-8-11-18(12-9-16)29(34(32,33)19-6-4-3-5-7-19)15-22(30)27-28-23-20-14-17(25)10-13-21(20)26-24(23)31/h3-14,26,31H,2,15H2,1H3. The molecule has 0 saturated heterocycles. The van der Waals surface area contributed by atoms with Crippen LogP contribution in [0.15, 0.2) is 92.4 Å². The van der Waals surface area contributed by atoms with Gasteiger partial charge in [-0.25, -0.2) is 8.42 Å². The zero-order valence-electron chi connectivity index (χ0n) is 18.1. The Bertz CT molecular complexity index is 1470. The van der Waals surface area contributed by atoms with Crippen LogP contribution in [0.3, 0.4) is 0 Å². The lowest BCUT2D eigenvalue weighted by atomic mass is 10.1. The van der Waals surface area contributed by atoms with Crippen LogP contribution < -0.4 is 4.31 Å². The molecule has 4 rings (SSSR count). The van der Waals surface area contributed by atoms with Crippen LogP contribution in [0.2, 0.25) is 0 Å². The predicted molar refractivity (Wildman–Crippen MR) is 134 cm³/mol. The maximum Gasteiger partial charge on any atom is 0.285 e. The van der Waals surface area contributed by atoms with E-state index in [-0.39, 0.29) is 16.5 Å². The number of sulfonamides is 1. The fraction of sp³-hybridized carbons (Fsp3) is 0.125. The smallest absolute Gasteiger partial charge is 0.285 e. The van der Waals surface area contributed by atoms with Crippen LogP contribution in [0.25, 0.3) is 10.9 Å². The fourth-order valence-corrected chi connectivity index (χ4v) is 5.23. The number of aromatic hydroxyl groups is 1. The van der Waals surface area contributed by atoms with Crippen molar-refractivity contribution in [3.05, 3.63) is 82.8 Å². The lowest BCUT2D eigenvalue weighted by Crippen LogP contribution is -2.35. The number of halogens is 1. The summed E-state index contributed by atoms with van der Waals surface area (Å²) >= 11 is 3.36. The first-order valence-corrected chi connectivity index (χ1v) is 12.6. The molecule has 10 heteroatoms. The molecule has 0 spiro atoms. The van der Waals surface area contributed by atoms with Crippen LogP contribution in [-0.2, 0) is 21.2 Å². The molecule has 2 N–H and O–H groups in total. The summed E-state index contributed by atoms with van der Waals surface area (Å²) in [6.07, 6.45) is 0.795. The highest BCUT2D eigenvalue weighted by atomic mass is 79.9. The molecule has 0 bridgehead atoms. The number of aryl methyl sites for hydroxylation is 1. The molecule has 174 valence electrons. The number of aromatic nitrogens is 1. The minimum Gasteiger partial charge on any atom is -0.493 e. The Hall–Kier alpha value is -3.50. The van der Waals surface area contributed by atoms with Gasteiger partial charge in [0.05, 0.1) is 16.1 Å². The van der Waals surface area contributed by atoms with Crippen molar-refractivity contribution < 1.29 is 18.3 Å². The highest BCUT2D eigenvalue weighted by molar-refractivity contribution is 9.10. The molecule has 0 aliphatic carbocycles. The molecule has 3 aromatic carbocycles. The van der Waals surface area contributed by atoms with Gasteiger partial charge in [-0.05, 0) is 54.4 Å². The van der Waals surface area contributed by atoms with Gasteiger partial charge >= 0.3 is 0 Å². The summed E-state index contributed by atoms with van der Waals surface area (Å²) < 4.78 is 28.5. The molecule has 0 atom stereocenters. The van der Waals surface area contributed by atoms with E-state index in [1.54, 1.807) is 48.5 Å². The minimum absolute atomic E-state index is 0.0541. The second-order valence-electron chi connectivity index (χ2n) is 7.45. The Balaban J connectivity index is 1.67. The number of benzene rings is 3. The monoisotopic (exact) mass is 540 g/mol. The van der Waals surface area contributed by atoms with Gasteiger partial charge in [0.25, 0.3) is 15.9 Å². The van der Waals surface area contributed by atoms with Crippen molar-refractivity contribution in [2.24, 2.45) is 10.2 Å². The highest BCUT2D eigenvalue weighted by Crippen LogP contribution is 2.37. The van der Waals surface area contributed by atoms with E-state index in [4.69, 9.17) is 0 Å². The van der Waals surface area contributed by atoms with E-state index >= 15 is 0 Å². The van der Waals surface area contributed by atoms with E-state index in [0.29, 0.717) is 16.6 Å². The van der Waals surface area contributed by atoms with Crippen molar-refractivity contribution in [2.75, 3.05) is 10.8 Å². The van der Waals surface area contributed by atoms with Crippen LogP contribution in [0.1, 0.15) is 12.5 Å². The summed E-state index contributed by atoms with van der Waals surface area (Å²) in [6, 6.07) is 20.1. The highest BCUT2D eigenvalue weighted by Gasteiger charge is 2.27. The van der Waals surface area contributed by atoms with Gasteiger partial charge in [-0.15, -0.1) is 10.2 Å². The van der Waals surface area contributed by atoms with E-state index in [1.165, 1.54) is 12.1 Å². The lowest BCUT2D eigenvalue weighted by Gasteiger charge is -2.23. The second-order valence-corrected chi connectivity index (χ2v) is 10.2. The molecule has 1 heterocycles. The molecule has 4 aromatic rings. The molecule has 0 fully saturated rings. The van der Waals surface area contributed by atoms with Gasteiger partial charge in [0.2, 0.25) is 5.88 Å². The second kappa shape index (κ2) is 9.78. The van der Waals surface area contributed by atoms with E-state index in [1.807, 2.05) is 19.1 Å². The SMILES string of the molecule is CCc1ccc(N(CC(=O)N=Nc2c(O)[nH]c3ccc(Br)cc23)S(=O)(=O)c2ccccc2)cc1. The van der Waals surface area contributed by atoms with Gasteiger partial charge in [0, 0.05) is 9.86 Å². The van der Waals surface area contributed by atoms with E-state index in [2.05, 4.69) is 31.1 Å². The summed E-state index contributed by atoms with van der Waals surface area (Å²) in [5, 5.41) is 18.4. The van der Waals surface area contributed by atoms with Gasteiger partial charge < -0.3 is 10.1 Å². The summed E-state index contributed by atoms with van der Waals surface area (Å²) in [5.74, 6) is -1.03. The Morgan fingerprint density at radius 3 is 2.44 bits per heavy atom. The Morgan fingerprint density at radius 2 is 1.76 bits per heavy atom. The number of carbonyl (C=O) groups is 1. The molecule has 1 aromatic heterocycles. The van der Waals surface area contributed by atoms with Crippen molar-refractivity contribution in [2.45, 2.75) is 18.2 Å². The zero-order valence-corrected chi connectivity index (χ0v) is 20.5. The van der Waals surface area contributed by atoms with Crippen LogP contribution in [0.4, 0.5) is 11.4 Å². The van der Waals surface area contributed by atoms with Crippen LogP contribution >= 0.6 is 15.9 Å². The molecular formula is C24H21BrN4O4S. The van der Waals surface area contributed by atoms with Gasteiger partial charge in [0.15, 0.2) is 5.69 Å². The molecule has 0 radical (unpaired) electrons. The fourth-order valence-electron chi connectivity index (χ4n) is 3.43. The number of aromatic amines is 1. The Kier molecular flexibility index (Phi) is 6.80. The quantitative estimate of drug-likeness (QED) is 0.292. The third-order valence-corrected chi connectivity index (χ3v) is 7.50. The summed E-state index contributed by atoms with van der Waals surface area (Å²) in [6.45, 7) is 1.44. The van der Waals surface area contributed by atoms with Crippen molar-refractivity contribution >= 4 is 54.1 Å². The first-order chi connectivity index (χ1) is 16.3. The van der Waals surface area contributed by atoms with Gasteiger partial charge in [-0.3, -0.25) is 9.10 Å². The average Bonchev–Trinajstić information content (AvgIpc) is 3.15. The molecule has 0 unspecified atom stereocenters. The maximum atomic E-state index is 13.4. The van der Waals surface area contributed by atoms with Crippen LogP contribution in [-0.4, -0.2) is 31.0 Å². The number of azo groups is 1. The van der Waals surface area contributed by atoms with Gasteiger partial charge in [0.1, 0.15) is 6.54 Å². The summed E-state index contributed by atoms with van der Waals surface area (Å²) in [4.78, 5) is 15.6. The molecule has 0 saturated carbocycles. The normalized spacial score (nSPS) is 11.8. The average molecular weight is 541 g/mol. The zero-order chi connectivity index (χ0) is 24.3. The van der Waals surface area contributed by atoms with Crippen molar-refractivity contribution in [1.82, 2.24) is 4.98 Å². The lowest BCUT2D eigenvalue weighted by molar-refractivity contribution is -0.116. The molecule has 8 nitrogen and oxygen atoms in total. The van der Waals surface area contributed by atoms with Gasteiger partial charge in [-0.2, -0.15) is 0 Å². The number of rotatable bonds is 7. The third kappa shape index (κ3) is 4.87. The largest absolute Gasteiger partial charge is 0.493 e. The number of amides is 1. The number of hydrogen-bond acceptors (Lipinski definition) is 5. The Morgan fingerprint density at radius 1 is 1.06 bits per heavy atom. The van der Waals surface area contributed by atoms with E-state index in [9.17, 15) is 18.3 Å². The van der Waals surface area contributed by atoms with Crippen molar-refractivity contribution in [1.29, 1.82) is 0 Å². The van der Waals surface area contributed by atoms with E-state index < -0.39 is 22.5 Å². The molecule has 1 amide bonds.